The molecular weight excluding hydrogens is 398 g/mol. The van der Waals surface area contributed by atoms with E-state index in [9.17, 15) is 0 Å². The van der Waals surface area contributed by atoms with E-state index in [4.69, 9.17) is 4.98 Å². The van der Waals surface area contributed by atoms with Gasteiger partial charge in [0, 0.05) is 71.2 Å². The molecule has 5 rings (SSSR count). The first-order valence-electron chi connectivity index (χ1n) is 10.8. The molecule has 0 radical (unpaired) electrons. The largest absolute Gasteiger partial charge is 0.384 e. The van der Waals surface area contributed by atoms with Crippen LogP contribution in [0, 0.1) is 0 Å². The van der Waals surface area contributed by atoms with E-state index in [-0.39, 0.29) is 11.6 Å². The van der Waals surface area contributed by atoms with Crippen molar-refractivity contribution in [3.05, 3.63) is 73.2 Å². The number of rotatable bonds is 5. The lowest BCUT2D eigenvalue weighted by atomic mass is 9.88. The predicted octanol–water partition coefficient (Wildman–Crippen LogP) is 4.91. The second kappa shape index (κ2) is 8.00. The van der Waals surface area contributed by atoms with Gasteiger partial charge in [0.25, 0.3) is 0 Å². The van der Waals surface area contributed by atoms with Gasteiger partial charge >= 0.3 is 0 Å². The number of anilines is 1. The fourth-order valence-electron chi connectivity index (χ4n) is 4.42. The number of nitrogens with one attached hydrogen (secondary N) is 3. The number of nitrogens with zero attached hydrogens (tertiary/aromatic N) is 4. The van der Waals surface area contributed by atoms with E-state index in [0.717, 1.165) is 46.3 Å². The Morgan fingerprint density at radius 2 is 2.16 bits per heavy atom. The van der Waals surface area contributed by atoms with Crippen LogP contribution in [0.3, 0.4) is 0 Å². The van der Waals surface area contributed by atoms with Gasteiger partial charge in [-0.2, -0.15) is 0 Å². The maximum atomic E-state index is 4.81. The number of aromatic nitrogens is 5. The number of imidazole rings is 1. The highest BCUT2D eigenvalue weighted by Gasteiger charge is 2.29. The van der Waals surface area contributed by atoms with Crippen molar-refractivity contribution in [3.8, 4) is 11.3 Å². The monoisotopic (exact) mass is 425 g/mol. The Morgan fingerprint density at radius 1 is 1.25 bits per heavy atom. The van der Waals surface area contributed by atoms with Crippen molar-refractivity contribution in [1.82, 2.24) is 29.8 Å². The second-order valence-corrected chi connectivity index (χ2v) is 8.96. The molecule has 1 aliphatic rings. The lowest BCUT2D eigenvalue weighted by Gasteiger charge is -2.38. The smallest absolute Gasteiger partial charge is 0.223 e. The fourth-order valence-corrected chi connectivity index (χ4v) is 4.42. The summed E-state index contributed by atoms with van der Waals surface area (Å²) in [6, 6.07) is 8.57. The zero-order valence-corrected chi connectivity index (χ0v) is 18.3. The molecule has 3 aromatic heterocycles. The van der Waals surface area contributed by atoms with Crippen molar-refractivity contribution in [2.75, 3.05) is 5.32 Å². The van der Waals surface area contributed by atoms with Crippen molar-refractivity contribution in [2.24, 2.45) is 0 Å². The van der Waals surface area contributed by atoms with Gasteiger partial charge in [0.05, 0.1) is 12.0 Å². The van der Waals surface area contributed by atoms with E-state index >= 15 is 0 Å². The molecule has 1 aromatic carbocycles. The third kappa shape index (κ3) is 4.27. The number of fused-ring (bicyclic) bond motifs is 1. The number of piperidine rings is 1. The molecule has 162 valence electrons. The highest BCUT2D eigenvalue weighted by atomic mass is 15.1. The summed E-state index contributed by atoms with van der Waals surface area (Å²) >= 11 is 0. The summed E-state index contributed by atoms with van der Waals surface area (Å²) < 4.78 is 1.92. The predicted molar refractivity (Wildman–Crippen MR) is 130 cm³/mol. The second-order valence-electron chi connectivity index (χ2n) is 8.96. The van der Waals surface area contributed by atoms with Crippen LogP contribution in [0.1, 0.15) is 32.3 Å². The van der Waals surface area contributed by atoms with Gasteiger partial charge in [0.15, 0.2) is 0 Å². The number of hydrogen-bond donors (Lipinski definition) is 3. The lowest BCUT2D eigenvalue weighted by molar-refractivity contribution is 0.324. The van der Waals surface area contributed by atoms with Crippen molar-refractivity contribution >= 4 is 29.1 Å². The number of H-pyrrole nitrogens is 1. The van der Waals surface area contributed by atoms with Gasteiger partial charge in [-0.25, -0.2) is 15.0 Å². The zero-order valence-electron chi connectivity index (χ0n) is 18.3. The number of hydrogen-bond acceptors (Lipinski definition) is 5. The van der Waals surface area contributed by atoms with E-state index in [2.05, 4.69) is 70.3 Å². The third-order valence-electron chi connectivity index (χ3n) is 5.70. The average molecular weight is 426 g/mol. The zero-order chi connectivity index (χ0) is 22.1. The van der Waals surface area contributed by atoms with Gasteiger partial charge < -0.3 is 20.2 Å². The molecule has 1 unspecified atom stereocenters. The van der Waals surface area contributed by atoms with Crippen LogP contribution in [0.25, 0.3) is 34.4 Å². The molecule has 7 heteroatoms. The minimum Gasteiger partial charge on any atom is -0.384 e. The summed E-state index contributed by atoms with van der Waals surface area (Å²) in [5.41, 5.74) is 5.18. The minimum atomic E-state index is 0.00542. The highest BCUT2D eigenvalue weighted by Crippen LogP contribution is 2.30. The standard InChI is InChI=1S/C25H27N7/c1-17-12-19(14-25(2,3)31-17)29-24-27-8-6-22(30-24)21-15-28-23-13-18(4-5-20(21)23)7-10-32-11-9-26-16-32/h4-11,13,15-16,19,28,31H,1,12,14H2,2-3H3,(H,27,29,30)/b10-7+. The van der Waals surface area contributed by atoms with E-state index in [0.29, 0.717) is 5.95 Å². The topological polar surface area (TPSA) is 83.5 Å². The van der Waals surface area contributed by atoms with Crippen LogP contribution in [-0.2, 0) is 0 Å². The summed E-state index contributed by atoms with van der Waals surface area (Å²) in [6.45, 7) is 8.50. The minimum absolute atomic E-state index is 0.00542. The summed E-state index contributed by atoms with van der Waals surface area (Å²) in [5, 5.41) is 8.10. The van der Waals surface area contributed by atoms with Crippen molar-refractivity contribution in [3.63, 3.8) is 0 Å². The fraction of sp³-hybridized carbons (Fsp3) is 0.240. The highest BCUT2D eigenvalue weighted by molar-refractivity contribution is 5.95. The molecule has 1 fully saturated rings. The van der Waals surface area contributed by atoms with Gasteiger partial charge in [-0.3, -0.25) is 0 Å². The van der Waals surface area contributed by atoms with Gasteiger partial charge in [-0.1, -0.05) is 18.7 Å². The van der Waals surface area contributed by atoms with Crippen LogP contribution in [0.15, 0.2) is 67.7 Å². The first-order chi connectivity index (χ1) is 15.4. The molecule has 4 heterocycles. The third-order valence-corrected chi connectivity index (χ3v) is 5.70. The SMILES string of the molecule is C=C1CC(Nc2nccc(-c3c[nH]c4cc(/C=C/n5ccnc5)ccc34)n2)CC(C)(C)N1. The summed E-state index contributed by atoms with van der Waals surface area (Å²) in [5.74, 6) is 0.646. The van der Waals surface area contributed by atoms with Crippen LogP contribution >= 0.6 is 0 Å². The van der Waals surface area contributed by atoms with E-state index in [1.54, 1.807) is 12.5 Å². The molecule has 0 aliphatic carbocycles. The molecular formula is C25H27N7. The van der Waals surface area contributed by atoms with Gasteiger partial charge in [-0.15, -0.1) is 0 Å². The van der Waals surface area contributed by atoms with Crippen LogP contribution < -0.4 is 10.6 Å². The molecule has 7 nitrogen and oxygen atoms in total. The molecule has 1 aliphatic heterocycles. The Kier molecular flexibility index (Phi) is 5.01. The molecule has 0 bridgehead atoms. The van der Waals surface area contributed by atoms with Crippen molar-refractivity contribution in [2.45, 2.75) is 38.3 Å². The Bertz CT molecular complexity index is 1280. The van der Waals surface area contributed by atoms with Crippen LogP contribution in [0.4, 0.5) is 5.95 Å². The molecule has 32 heavy (non-hydrogen) atoms. The molecule has 1 saturated heterocycles. The van der Waals surface area contributed by atoms with Gasteiger partial charge in [0.2, 0.25) is 5.95 Å². The lowest BCUT2D eigenvalue weighted by Crippen LogP contribution is -2.48. The normalized spacial score (nSPS) is 18.2. The Hall–Kier alpha value is -3.87. The van der Waals surface area contributed by atoms with Gasteiger partial charge in [-0.05, 0) is 44.0 Å². The van der Waals surface area contributed by atoms with Crippen LogP contribution in [-0.4, -0.2) is 36.1 Å². The molecule has 4 aromatic rings. The van der Waals surface area contributed by atoms with Crippen LogP contribution in [0.5, 0.6) is 0 Å². The van der Waals surface area contributed by atoms with E-state index < -0.39 is 0 Å². The van der Waals surface area contributed by atoms with E-state index in [1.165, 1.54) is 0 Å². The molecule has 3 N–H and O–H groups in total. The van der Waals surface area contributed by atoms with E-state index in [1.807, 2.05) is 35.4 Å². The number of aromatic amines is 1. The maximum Gasteiger partial charge on any atom is 0.223 e. The first kappa shape index (κ1) is 20.1. The Morgan fingerprint density at radius 3 is 2.97 bits per heavy atom. The quantitative estimate of drug-likeness (QED) is 0.423. The van der Waals surface area contributed by atoms with Gasteiger partial charge in [0.1, 0.15) is 0 Å². The molecule has 0 amide bonds. The maximum absolute atomic E-state index is 4.81. The molecule has 0 spiro atoms. The number of benzene rings is 1. The summed E-state index contributed by atoms with van der Waals surface area (Å²) in [4.78, 5) is 16.7. The van der Waals surface area contributed by atoms with Crippen molar-refractivity contribution < 1.29 is 0 Å². The molecule has 0 saturated carbocycles. The average Bonchev–Trinajstić information content (AvgIpc) is 3.40. The Labute approximate surface area is 187 Å². The Balaban J connectivity index is 1.38. The van der Waals surface area contributed by atoms with Crippen LogP contribution in [0.2, 0.25) is 0 Å². The van der Waals surface area contributed by atoms with Crippen molar-refractivity contribution in [1.29, 1.82) is 0 Å². The molecule has 1 atom stereocenters. The summed E-state index contributed by atoms with van der Waals surface area (Å²) in [7, 11) is 0. The summed E-state index contributed by atoms with van der Waals surface area (Å²) in [6.07, 6.45) is 15.1. The first-order valence-corrected chi connectivity index (χ1v) is 10.8.